The van der Waals surface area contributed by atoms with Gasteiger partial charge in [-0.25, -0.2) is 8.78 Å². The molecule has 0 aliphatic rings. The Balaban J connectivity index is 2.95. The fourth-order valence-electron chi connectivity index (χ4n) is 1.83. The molecular formula is C13H13F2NO. The van der Waals surface area contributed by atoms with Crippen LogP contribution in [0.15, 0.2) is 29.2 Å². The average Bonchev–Trinajstić information content (AvgIpc) is 2.19. The number of halogens is 2. The molecule has 2 nitrogen and oxygen atoms in total. The van der Waals surface area contributed by atoms with Gasteiger partial charge in [-0.1, -0.05) is 0 Å². The van der Waals surface area contributed by atoms with E-state index in [9.17, 15) is 13.6 Å². The Morgan fingerprint density at radius 2 is 1.71 bits per heavy atom. The first-order valence-corrected chi connectivity index (χ1v) is 5.31. The van der Waals surface area contributed by atoms with Gasteiger partial charge in [0.2, 0.25) is 0 Å². The molecule has 0 atom stereocenters. The van der Waals surface area contributed by atoms with Crippen molar-refractivity contribution in [2.75, 3.05) is 0 Å². The zero-order valence-electron chi connectivity index (χ0n) is 9.92. The molecule has 1 heterocycles. The summed E-state index contributed by atoms with van der Waals surface area (Å²) in [6.45, 7) is 5.79. The van der Waals surface area contributed by atoms with Crippen LogP contribution in [0.2, 0.25) is 0 Å². The van der Waals surface area contributed by atoms with Crippen molar-refractivity contribution in [1.29, 1.82) is 0 Å². The van der Waals surface area contributed by atoms with Crippen molar-refractivity contribution in [3.63, 3.8) is 0 Å². The Hall–Kier alpha value is -1.71. The van der Waals surface area contributed by atoms with Gasteiger partial charge in [0.15, 0.2) is 17.1 Å². The summed E-state index contributed by atoms with van der Waals surface area (Å²) < 4.78 is 28.1. The number of hydrogen-bond acceptors (Lipinski definition) is 1. The number of benzene rings is 1. The Morgan fingerprint density at radius 1 is 1.12 bits per heavy atom. The van der Waals surface area contributed by atoms with Gasteiger partial charge in [0, 0.05) is 29.3 Å². The predicted octanol–water partition coefficient (Wildman–Crippen LogP) is 3.03. The van der Waals surface area contributed by atoms with E-state index in [0.717, 1.165) is 12.1 Å². The first-order valence-electron chi connectivity index (χ1n) is 5.31. The molecular weight excluding hydrogens is 224 g/mol. The highest BCUT2D eigenvalue weighted by Gasteiger charge is 2.17. The van der Waals surface area contributed by atoms with Crippen molar-refractivity contribution in [2.24, 2.45) is 0 Å². The Morgan fingerprint density at radius 3 is 2.29 bits per heavy atom. The van der Waals surface area contributed by atoms with Crippen molar-refractivity contribution in [3.05, 3.63) is 46.3 Å². The van der Waals surface area contributed by atoms with Crippen molar-refractivity contribution in [2.45, 2.75) is 26.3 Å². The van der Waals surface area contributed by atoms with Crippen LogP contribution >= 0.6 is 0 Å². The number of hydrogen-bond donors (Lipinski definition) is 0. The summed E-state index contributed by atoms with van der Waals surface area (Å²) in [4.78, 5) is 11.6. The van der Waals surface area contributed by atoms with E-state index in [1.165, 1.54) is 6.07 Å². The highest BCUT2D eigenvalue weighted by Crippen LogP contribution is 2.22. The molecule has 90 valence electrons. The molecule has 4 heteroatoms. The minimum absolute atomic E-state index is 0.196. The van der Waals surface area contributed by atoms with E-state index >= 15 is 0 Å². The van der Waals surface area contributed by atoms with E-state index in [1.54, 1.807) is 10.8 Å². The molecule has 0 N–H and O–H groups in total. The van der Waals surface area contributed by atoms with Crippen molar-refractivity contribution >= 4 is 10.9 Å². The number of fused-ring (bicyclic) bond motifs is 1. The van der Waals surface area contributed by atoms with E-state index in [1.807, 2.05) is 20.8 Å². The van der Waals surface area contributed by atoms with E-state index in [2.05, 4.69) is 0 Å². The summed E-state index contributed by atoms with van der Waals surface area (Å²) in [5, 5.41) is 0.196. The third-order valence-electron chi connectivity index (χ3n) is 2.66. The zero-order chi connectivity index (χ0) is 12.8. The molecule has 0 saturated heterocycles. The molecule has 0 aliphatic heterocycles. The summed E-state index contributed by atoms with van der Waals surface area (Å²) >= 11 is 0. The minimum Gasteiger partial charge on any atom is -0.342 e. The molecule has 2 aromatic rings. The highest BCUT2D eigenvalue weighted by molar-refractivity contribution is 5.79. The SMILES string of the molecule is CC(C)(C)n1ccc(=O)c2cc(F)c(F)cc21. The van der Waals surface area contributed by atoms with Gasteiger partial charge in [0.25, 0.3) is 0 Å². The monoisotopic (exact) mass is 237 g/mol. The fraction of sp³-hybridized carbons (Fsp3) is 0.308. The van der Waals surface area contributed by atoms with E-state index in [0.29, 0.717) is 5.52 Å². The van der Waals surface area contributed by atoms with Gasteiger partial charge >= 0.3 is 0 Å². The van der Waals surface area contributed by atoms with Crippen LogP contribution in [-0.4, -0.2) is 4.57 Å². The van der Waals surface area contributed by atoms with Gasteiger partial charge in [-0.3, -0.25) is 4.79 Å². The molecule has 17 heavy (non-hydrogen) atoms. The maximum Gasteiger partial charge on any atom is 0.189 e. The molecule has 0 fully saturated rings. The predicted molar refractivity (Wildman–Crippen MR) is 63.1 cm³/mol. The molecule has 0 bridgehead atoms. The average molecular weight is 237 g/mol. The van der Waals surface area contributed by atoms with Crippen LogP contribution in [0.4, 0.5) is 8.78 Å². The lowest BCUT2D eigenvalue weighted by molar-refractivity contribution is 0.407. The maximum absolute atomic E-state index is 13.3. The number of nitrogens with zero attached hydrogens (tertiary/aromatic N) is 1. The lowest BCUT2D eigenvalue weighted by Crippen LogP contribution is -2.24. The second kappa shape index (κ2) is 3.65. The molecule has 1 aromatic carbocycles. The van der Waals surface area contributed by atoms with Crippen molar-refractivity contribution in [1.82, 2.24) is 4.57 Å². The van der Waals surface area contributed by atoms with Gasteiger partial charge in [0.05, 0.1) is 5.52 Å². The number of rotatable bonds is 0. The Labute approximate surface area is 97.5 Å². The normalized spacial score (nSPS) is 12.1. The lowest BCUT2D eigenvalue weighted by atomic mass is 10.1. The van der Waals surface area contributed by atoms with Gasteiger partial charge < -0.3 is 4.57 Å². The van der Waals surface area contributed by atoms with Crippen LogP contribution < -0.4 is 5.43 Å². The second-order valence-electron chi connectivity index (χ2n) is 5.00. The summed E-state index contributed by atoms with van der Waals surface area (Å²) in [5.74, 6) is -1.94. The molecule has 0 amide bonds. The largest absolute Gasteiger partial charge is 0.342 e. The molecule has 0 saturated carbocycles. The lowest BCUT2D eigenvalue weighted by Gasteiger charge is -2.25. The van der Waals surface area contributed by atoms with Gasteiger partial charge in [0.1, 0.15) is 0 Å². The molecule has 2 rings (SSSR count). The Bertz CT molecular complexity index is 638. The zero-order valence-corrected chi connectivity index (χ0v) is 9.92. The van der Waals surface area contributed by atoms with Crippen LogP contribution in [0.25, 0.3) is 10.9 Å². The molecule has 0 spiro atoms. The number of pyridine rings is 1. The molecule has 0 radical (unpaired) electrons. The second-order valence-corrected chi connectivity index (χ2v) is 5.00. The summed E-state index contributed by atoms with van der Waals surface area (Å²) in [7, 11) is 0. The van der Waals surface area contributed by atoms with Gasteiger partial charge in [-0.15, -0.1) is 0 Å². The molecule has 0 unspecified atom stereocenters. The fourth-order valence-corrected chi connectivity index (χ4v) is 1.83. The standard InChI is InChI=1S/C13H13F2NO/c1-13(2,3)16-5-4-12(17)8-6-9(14)10(15)7-11(8)16/h4-7H,1-3H3. The highest BCUT2D eigenvalue weighted by atomic mass is 19.2. The van der Waals surface area contributed by atoms with E-state index in [4.69, 9.17) is 0 Å². The third kappa shape index (κ3) is 1.95. The van der Waals surface area contributed by atoms with Crippen LogP contribution in [-0.2, 0) is 5.54 Å². The molecule has 1 aromatic heterocycles. The molecule has 0 aliphatic carbocycles. The smallest absolute Gasteiger partial charge is 0.189 e. The van der Waals surface area contributed by atoms with Gasteiger partial charge in [-0.2, -0.15) is 0 Å². The minimum atomic E-state index is -0.999. The summed E-state index contributed by atoms with van der Waals surface area (Å²) in [6, 6.07) is 3.39. The Kier molecular flexibility index (Phi) is 2.53. The number of aromatic nitrogens is 1. The van der Waals surface area contributed by atoms with Crippen LogP contribution in [0.5, 0.6) is 0 Å². The topological polar surface area (TPSA) is 22.0 Å². The van der Waals surface area contributed by atoms with Crippen LogP contribution in [0.1, 0.15) is 20.8 Å². The quantitative estimate of drug-likeness (QED) is 0.690. The first-order chi connectivity index (χ1) is 7.80. The summed E-state index contributed by atoms with van der Waals surface area (Å²) in [6.07, 6.45) is 1.60. The van der Waals surface area contributed by atoms with Crippen molar-refractivity contribution in [3.8, 4) is 0 Å². The van der Waals surface area contributed by atoms with Crippen molar-refractivity contribution < 1.29 is 8.78 Å². The van der Waals surface area contributed by atoms with E-state index < -0.39 is 11.6 Å². The first kappa shape index (κ1) is 11.8. The summed E-state index contributed by atoms with van der Waals surface area (Å²) in [5.41, 5.74) is -0.209. The van der Waals surface area contributed by atoms with E-state index in [-0.39, 0.29) is 16.4 Å². The van der Waals surface area contributed by atoms with Crippen LogP contribution in [0, 0.1) is 11.6 Å². The van der Waals surface area contributed by atoms with Crippen LogP contribution in [0.3, 0.4) is 0 Å². The maximum atomic E-state index is 13.3. The van der Waals surface area contributed by atoms with Gasteiger partial charge in [-0.05, 0) is 26.8 Å². The third-order valence-corrected chi connectivity index (χ3v) is 2.66.